The summed E-state index contributed by atoms with van der Waals surface area (Å²) in [6.45, 7) is 10.6. The Morgan fingerprint density at radius 3 is 2.84 bits per heavy atom. The molecule has 1 aromatic carbocycles. The maximum Gasteiger partial charge on any atom is 0.306 e. The standard InChI is InChI=1S/C18H28N2O3SSi/c1-5-23-18(21)8-10-24-16-6-7-17-15(12-16)13-19-20(17)14-22-9-11-25(2,3)4/h6-7,12-13H,5,8-11,14H2,1-4H3. The molecule has 0 amide bonds. The lowest BCUT2D eigenvalue weighted by atomic mass is 10.2. The molecule has 0 saturated carbocycles. The van der Waals surface area contributed by atoms with Gasteiger partial charge in [-0.2, -0.15) is 5.10 Å². The van der Waals surface area contributed by atoms with Gasteiger partial charge in [-0.25, -0.2) is 4.68 Å². The summed E-state index contributed by atoms with van der Waals surface area (Å²) in [6.07, 6.45) is 2.30. The molecule has 1 aromatic heterocycles. The van der Waals surface area contributed by atoms with Gasteiger partial charge in [0.25, 0.3) is 0 Å². The molecule has 25 heavy (non-hydrogen) atoms. The van der Waals surface area contributed by atoms with Gasteiger partial charge in [0.05, 0.1) is 24.7 Å². The Morgan fingerprint density at radius 2 is 2.12 bits per heavy atom. The Kier molecular flexibility index (Phi) is 7.52. The number of hydrogen-bond donors (Lipinski definition) is 0. The molecule has 138 valence electrons. The second-order valence-electron chi connectivity index (χ2n) is 7.12. The first kappa shape index (κ1) is 20.0. The van der Waals surface area contributed by atoms with E-state index in [1.165, 1.54) is 0 Å². The van der Waals surface area contributed by atoms with E-state index in [1.807, 2.05) is 17.8 Å². The molecule has 0 aliphatic heterocycles. The zero-order valence-electron chi connectivity index (χ0n) is 15.6. The van der Waals surface area contributed by atoms with Gasteiger partial charge in [0.2, 0.25) is 0 Å². The molecule has 5 nitrogen and oxygen atoms in total. The smallest absolute Gasteiger partial charge is 0.306 e. The molecule has 0 radical (unpaired) electrons. The highest BCUT2D eigenvalue weighted by Gasteiger charge is 2.12. The summed E-state index contributed by atoms with van der Waals surface area (Å²) < 4.78 is 12.6. The molecule has 0 saturated heterocycles. The van der Waals surface area contributed by atoms with Gasteiger partial charge >= 0.3 is 5.97 Å². The molecule has 0 aliphatic rings. The van der Waals surface area contributed by atoms with Crippen LogP contribution in [0.3, 0.4) is 0 Å². The molecular weight excluding hydrogens is 352 g/mol. The number of ether oxygens (including phenoxy) is 2. The number of benzene rings is 1. The minimum absolute atomic E-state index is 0.139. The third-order valence-corrected chi connectivity index (χ3v) is 6.40. The zero-order valence-corrected chi connectivity index (χ0v) is 17.4. The fourth-order valence-electron chi connectivity index (χ4n) is 2.27. The summed E-state index contributed by atoms with van der Waals surface area (Å²) in [5.74, 6) is 0.581. The van der Waals surface area contributed by atoms with E-state index >= 15 is 0 Å². The van der Waals surface area contributed by atoms with E-state index in [-0.39, 0.29) is 5.97 Å². The highest BCUT2D eigenvalue weighted by Crippen LogP contribution is 2.24. The molecule has 7 heteroatoms. The van der Waals surface area contributed by atoms with Crippen molar-refractivity contribution in [3.63, 3.8) is 0 Å². The van der Waals surface area contributed by atoms with Crippen molar-refractivity contribution in [1.82, 2.24) is 9.78 Å². The topological polar surface area (TPSA) is 53.3 Å². The summed E-state index contributed by atoms with van der Waals surface area (Å²) in [5, 5.41) is 5.52. The van der Waals surface area contributed by atoms with Gasteiger partial charge in [0.1, 0.15) is 6.73 Å². The molecule has 0 fully saturated rings. The first-order valence-electron chi connectivity index (χ1n) is 8.71. The number of nitrogens with zero attached hydrogens (tertiary/aromatic N) is 2. The minimum atomic E-state index is -1.06. The van der Waals surface area contributed by atoms with E-state index in [4.69, 9.17) is 9.47 Å². The maximum atomic E-state index is 11.4. The summed E-state index contributed by atoms with van der Waals surface area (Å²) in [4.78, 5) is 12.5. The average Bonchev–Trinajstić information content (AvgIpc) is 2.93. The number of esters is 1. The Bertz CT molecular complexity index is 697. The highest BCUT2D eigenvalue weighted by atomic mass is 32.2. The predicted molar refractivity (Wildman–Crippen MR) is 106 cm³/mol. The monoisotopic (exact) mass is 380 g/mol. The van der Waals surface area contributed by atoms with E-state index in [1.54, 1.807) is 11.8 Å². The molecule has 0 N–H and O–H groups in total. The van der Waals surface area contributed by atoms with Crippen LogP contribution in [0.5, 0.6) is 0 Å². The number of carbonyl (C=O) groups is 1. The predicted octanol–water partition coefficient (Wildman–Crippen LogP) is 4.39. The number of fused-ring (bicyclic) bond motifs is 1. The van der Waals surface area contributed by atoms with Crippen LogP contribution in [-0.4, -0.2) is 42.8 Å². The summed E-state index contributed by atoms with van der Waals surface area (Å²) >= 11 is 1.66. The van der Waals surface area contributed by atoms with Crippen LogP contribution >= 0.6 is 11.8 Å². The molecule has 0 unspecified atom stereocenters. The van der Waals surface area contributed by atoms with Gasteiger partial charge in [-0.15, -0.1) is 11.8 Å². The van der Waals surface area contributed by atoms with Crippen molar-refractivity contribution < 1.29 is 14.3 Å². The third kappa shape index (κ3) is 6.84. The van der Waals surface area contributed by atoms with Gasteiger partial charge in [0.15, 0.2) is 0 Å². The van der Waals surface area contributed by atoms with Crippen LogP contribution in [0.2, 0.25) is 25.7 Å². The lowest BCUT2D eigenvalue weighted by Gasteiger charge is -2.15. The van der Waals surface area contributed by atoms with E-state index in [0.717, 1.165) is 34.2 Å². The van der Waals surface area contributed by atoms with Gasteiger partial charge < -0.3 is 9.47 Å². The Morgan fingerprint density at radius 1 is 1.32 bits per heavy atom. The molecular formula is C18H28N2O3SSi. The lowest BCUT2D eigenvalue weighted by Crippen LogP contribution is -2.22. The zero-order chi connectivity index (χ0) is 18.3. The fourth-order valence-corrected chi connectivity index (χ4v) is 3.91. The largest absolute Gasteiger partial charge is 0.466 e. The van der Waals surface area contributed by atoms with Crippen LogP contribution < -0.4 is 0 Å². The van der Waals surface area contributed by atoms with Gasteiger partial charge in [-0.05, 0) is 31.2 Å². The van der Waals surface area contributed by atoms with E-state index in [0.29, 0.717) is 19.8 Å². The second kappa shape index (κ2) is 9.40. The normalized spacial score (nSPS) is 11.8. The second-order valence-corrected chi connectivity index (χ2v) is 13.9. The van der Waals surface area contributed by atoms with Gasteiger partial charge in [-0.1, -0.05) is 19.6 Å². The number of rotatable bonds is 10. The molecule has 0 atom stereocenters. The number of carbonyl (C=O) groups excluding carboxylic acids is 1. The van der Waals surface area contributed by atoms with Crippen molar-refractivity contribution in [2.75, 3.05) is 19.0 Å². The Hall–Kier alpha value is -1.31. The summed E-state index contributed by atoms with van der Waals surface area (Å²) in [5.41, 5.74) is 1.07. The van der Waals surface area contributed by atoms with E-state index in [9.17, 15) is 4.79 Å². The van der Waals surface area contributed by atoms with Crippen LogP contribution in [0, 0.1) is 0 Å². The Balaban J connectivity index is 1.86. The first-order chi connectivity index (χ1) is 11.9. The van der Waals surface area contributed by atoms with Crippen LogP contribution in [-0.2, 0) is 21.0 Å². The molecule has 2 rings (SSSR count). The third-order valence-electron chi connectivity index (χ3n) is 3.70. The quantitative estimate of drug-likeness (QED) is 0.265. The fraction of sp³-hybridized carbons (Fsp3) is 0.556. The molecule has 0 spiro atoms. The van der Waals surface area contributed by atoms with Crippen LogP contribution in [0.15, 0.2) is 29.3 Å². The van der Waals surface area contributed by atoms with Crippen molar-refractivity contribution >= 4 is 36.7 Å². The number of aromatic nitrogens is 2. The lowest BCUT2D eigenvalue weighted by molar-refractivity contribution is -0.142. The van der Waals surface area contributed by atoms with Gasteiger partial charge in [-0.3, -0.25) is 4.79 Å². The summed E-state index contributed by atoms with van der Waals surface area (Å²) in [7, 11) is -1.06. The number of thioether (sulfide) groups is 1. The van der Waals surface area contributed by atoms with Crippen molar-refractivity contribution in [1.29, 1.82) is 0 Å². The van der Waals surface area contributed by atoms with Crippen LogP contribution in [0.25, 0.3) is 10.9 Å². The van der Waals surface area contributed by atoms with Crippen molar-refractivity contribution in [3.8, 4) is 0 Å². The van der Waals surface area contributed by atoms with Crippen molar-refractivity contribution in [2.24, 2.45) is 0 Å². The van der Waals surface area contributed by atoms with Crippen molar-refractivity contribution in [3.05, 3.63) is 24.4 Å². The molecule has 0 aliphatic carbocycles. The van der Waals surface area contributed by atoms with E-state index < -0.39 is 8.07 Å². The first-order valence-corrected chi connectivity index (χ1v) is 13.4. The highest BCUT2D eigenvalue weighted by molar-refractivity contribution is 7.99. The Labute approximate surface area is 155 Å². The number of hydrogen-bond acceptors (Lipinski definition) is 5. The van der Waals surface area contributed by atoms with Crippen LogP contribution in [0.1, 0.15) is 13.3 Å². The van der Waals surface area contributed by atoms with Crippen molar-refractivity contribution in [2.45, 2.75) is 50.7 Å². The molecule has 1 heterocycles. The van der Waals surface area contributed by atoms with Crippen LogP contribution in [0.4, 0.5) is 0 Å². The molecule has 2 aromatic rings. The average molecular weight is 381 g/mol. The summed E-state index contributed by atoms with van der Waals surface area (Å²) in [6, 6.07) is 7.40. The van der Waals surface area contributed by atoms with E-state index in [2.05, 4.69) is 42.9 Å². The van der Waals surface area contributed by atoms with Gasteiger partial charge in [0, 0.05) is 30.7 Å². The maximum absolute atomic E-state index is 11.4. The minimum Gasteiger partial charge on any atom is -0.466 e. The molecule has 0 bridgehead atoms. The SMILES string of the molecule is CCOC(=O)CCSc1ccc2c(cnn2COCC[Si](C)(C)C)c1.